The van der Waals surface area contributed by atoms with Crippen LogP contribution in [0.1, 0.15) is 24.8 Å². The van der Waals surface area contributed by atoms with Crippen LogP contribution in [0.2, 0.25) is 0 Å². The Hall–Kier alpha value is -1.35. The van der Waals surface area contributed by atoms with E-state index < -0.39 is 17.5 Å². The van der Waals surface area contributed by atoms with Gasteiger partial charge in [-0.25, -0.2) is 0 Å². The molecule has 0 bridgehead atoms. The summed E-state index contributed by atoms with van der Waals surface area (Å²) >= 11 is 0. The fourth-order valence-corrected chi connectivity index (χ4v) is 2.25. The van der Waals surface area contributed by atoms with E-state index in [9.17, 15) is 9.90 Å². The molecular weight excluding hydrogens is 192 g/mol. The molecule has 0 aromatic heterocycles. The summed E-state index contributed by atoms with van der Waals surface area (Å²) < 4.78 is 0. The standard InChI is InChI=1S/C12H14O3/c13-11(14)9-6-7-12(15,8-9)10-4-2-1-3-5-10/h1-5,9,15H,6-8H2,(H,13,14)/t9-,12-/m1/s1. The van der Waals surface area contributed by atoms with Crippen molar-refractivity contribution in [2.45, 2.75) is 24.9 Å². The fourth-order valence-electron chi connectivity index (χ4n) is 2.25. The molecule has 0 heterocycles. The quantitative estimate of drug-likeness (QED) is 0.775. The van der Waals surface area contributed by atoms with Gasteiger partial charge in [-0.2, -0.15) is 0 Å². The third-order valence-corrected chi connectivity index (χ3v) is 3.15. The van der Waals surface area contributed by atoms with Gasteiger partial charge in [-0.15, -0.1) is 0 Å². The van der Waals surface area contributed by atoms with Gasteiger partial charge in [-0.05, 0) is 24.8 Å². The van der Waals surface area contributed by atoms with Crippen molar-refractivity contribution in [1.29, 1.82) is 0 Å². The van der Waals surface area contributed by atoms with Gasteiger partial charge >= 0.3 is 5.97 Å². The minimum atomic E-state index is -0.940. The second kappa shape index (κ2) is 3.66. The third-order valence-electron chi connectivity index (χ3n) is 3.15. The molecule has 0 unspecified atom stereocenters. The first-order valence-corrected chi connectivity index (χ1v) is 5.12. The molecule has 0 spiro atoms. The Balaban J connectivity index is 2.20. The molecule has 1 aromatic carbocycles. The average molecular weight is 206 g/mol. The molecule has 15 heavy (non-hydrogen) atoms. The Kier molecular flexibility index (Phi) is 2.49. The van der Waals surface area contributed by atoms with E-state index in [1.807, 2.05) is 30.3 Å². The zero-order valence-electron chi connectivity index (χ0n) is 8.39. The zero-order chi connectivity index (χ0) is 10.9. The van der Waals surface area contributed by atoms with Gasteiger partial charge in [0.2, 0.25) is 0 Å². The molecule has 1 aromatic rings. The molecule has 0 amide bonds. The Morgan fingerprint density at radius 2 is 2.00 bits per heavy atom. The molecule has 1 aliphatic carbocycles. The van der Waals surface area contributed by atoms with Crippen LogP contribution in [0.15, 0.2) is 30.3 Å². The van der Waals surface area contributed by atoms with E-state index >= 15 is 0 Å². The zero-order valence-corrected chi connectivity index (χ0v) is 8.39. The summed E-state index contributed by atoms with van der Waals surface area (Å²) in [7, 11) is 0. The highest BCUT2D eigenvalue weighted by Crippen LogP contribution is 2.41. The highest BCUT2D eigenvalue weighted by Gasteiger charge is 2.41. The van der Waals surface area contributed by atoms with Gasteiger partial charge in [0.1, 0.15) is 0 Å². The summed E-state index contributed by atoms with van der Waals surface area (Å²) in [6, 6.07) is 9.31. The van der Waals surface area contributed by atoms with Crippen LogP contribution in [0.3, 0.4) is 0 Å². The van der Waals surface area contributed by atoms with Crippen molar-refractivity contribution < 1.29 is 15.0 Å². The van der Waals surface area contributed by atoms with Gasteiger partial charge in [-0.1, -0.05) is 30.3 Å². The van der Waals surface area contributed by atoms with Crippen LogP contribution in [0.5, 0.6) is 0 Å². The Morgan fingerprint density at radius 1 is 1.33 bits per heavy atom. The smallest absolute Gasteiger partial charge is 0.306 e. The maximum atomic E-state index is 10.8. The first-order valence-electron chi connectivity index (χ1n) is 5.12. The Morgan fingerprint density at radius 3 is 2.53 bits per heavy atom. The lowest BCUT2D eigenvalue weighted by Gasteiger charge is -2.22. The van der Waals surface area contributed by atoms with E-state index in [0.29, 0.717) is 19.3 Å². The van der Waals surface area contributed by atoms with Gasteiger partial charge in [0, 0.05) is 0 Å². The number of aliphatic carboxylic acids is 1. The van der Waals surface area contributed by atoms with E-state index in [0.717, 1.165) is 5.56 Å². The van der Waals surface area contributed by atoms with Crippen molar-refractivity contribution in [2.75, 3.05) is 0 Å². The van der Waals surface area contributed by atoms with Crippen LogP contribution >= 0.6 is 0 Å². The number of carboxylic acid groups (broad SMARTS) is 1. The molecule has 0 aliphatic heterocycles. The minimum Gasteiger partial charge on any atom is -0.481 e. The van der Waals surface area contributed by atoms with E-state index in [4.69, 9.17) is 5.11 Å². The molecule has 3 nitrogen and oxygen atoms in total. The first kappa shape index (κ1) is 10.2. The average Bonchev–Trinajstić information content (AvgIpc) is 2.64. The van der Waals surface area contributed by atoms with Gasteiger partial charge in [-0.3, -0.25) is 4.79 Å². The predicted octanol–water partition coefficient (Wildman–Crippen LogP) is 1.76. The first-order chi connectivity index (χ1) is 7.12. The molecule has 2 rings (SSSR count). The molecule has 1 aliphatic rings. The summed E-state index contributed by atoms with van der Waals surface area (Å²) in [4.78, 5) is 10.8. The molecule has 1 saturated carbocycles. The number of hydrogen-bond acceptors (Lipinski definition) is 2. The van der Waals surface area contributed by atoms with Crippen molar-refractivity contribution in [3.05, 3.63) is 35.9 Å². The van der Waals surface area contributed by atoms with E-state index in [1.165, 1.54) is 0 Å². The van der Waals surface area contributed by atoms with Crippen LogP contribution in [-0.4, -0.2) is 16.2 Å². The van der Waals surface area contributed by atoms with E-state index in [-0.39, 0.29) is 0 Å². The van der Waals surface area contributed by atoms with Crippen LogP contribution in [0.25, 0.3) is 0 Å². The molecule has 80 valence electrons. The molecule has 0 radical (unpaired) electrons. The number of hydrogen-bond donors (Lipinski definition) is 2. The maximum absolute atomic E-state index is 10.8. The van der Waals surface area contributed by atoms with Crippen molar-refractivity contribution in [2.24, 2.45) is 5.92 Å². The third kappa shape index (κ3) is 1.88. The number of carboxylic acids is 1. The lowest BCUT2D eigenvalue weighted by Crippen LogP contribution is -2.23. The second-order valence-electron chi connectivity index (χ2n) is 4.18. The SMILES string of the molecule is O=C(O)[C@@H]1CC[C@](O)(c2ccccc2)C1. The van der Waals surface area contributed by atoms with Gasteiger partial charge in [0.25, 0.3) is 0 Å². The van der Waals surface area contributed by atoms with Crippen molar-refractivity contribution in [1.82, 2.24) is 0 Å². The summed E-state index contributed by atoms with van der Waals surface area (Å²) in [5.74, 6) is -1.21. The van der Waals surface area contributed by atoms with Crippen LogP contribution < -0.4 is 0 Å². The summed E-state index contributed by atoms with van der Waals surface area (Å²) in [5, 5.41) is 19.2. The lowest BCUT2D eigenvalue weighted by molar-refractivity contribution is -0.142. The monoisotopic (exact) mass is 206 g/mol. The van der Waals surface area contributed by atoms with Crippen molar-refractivity contribution in [3.63, 3.8) is 0 Å². The number of benzene rings is 1. The van der Waals surface area contributed by atoms with E-state index in [1.54, 1.807) is 0 Å². The molecule has 0 saturated heterocycles. The predicted molar refractivity (Wildman–Crippen MR) is 55.3 cm³/mol. The maximum Gasteiger partial charge on any atom is 0.306 e. The summed E-state index contributed by atoms with van der Waals surface area (Å²) in [5.41, 5.74) is -0.113. The molecule has 2 N–H and O–H groups in total. The van der Waals surface area contributed by atoms with E-state index in [2.05, 4.69) is 0 Å². The summed E-state index contributed by atoms with van der Waals surface area (Å²) in [6.45, 7) is 0. The summed E-state index contributed by atoms with van der Waals surface area (Å²) in [6.07, 6.45) is 1.42. The number of rotatable bonds is 2. The fraction of sp³-hybridized carbons (Fsp3) is 0.417. The van der Waals surface area contributed by atoms with Gasteiger partial charge in [0.05, 0.1) is 11.5 Å². The van der Waals surface area contributed by atoms with Crippen LogP contribution in [0, 0.1) is 5.92 Å². The second-order valence-corrected chi connectivity index (χ2v) is 4.18. The van der Waals surface area contributed by atoms with Gasteiger partial charge < -0.3 is 10.2 Å². The normalized spacial score (nSPS) is 30.3. The minimum absolute atomic E-state index is 0.326. The number of aliphatic hydroxyl groups is 1. The van der Waals surface area contributed by atoms with Crippen molar-refractivity contribution in [3.8, 4) is 0 Å². The topological polar surface area (TPSA) is 57.5 Å². The molecule has 2 atom stereocenters. The molecule has 3 heteroatoms. The lowest BCUT2D eigenvalue weighted by atomic mass is 9.91. The highest BCUT2D eigenvalue weighted by atomic mass is 16.4. The largest absolute Gasteiger partial charge is 0.481 e. The van der Waals surface area contributed by atoms with Crippen molar-refractivity contribution >= 4 is 5.97 Å². The van der Waals surface area contributed by atoms with Crippen LogP contribution in [-0.2, 0) is 10.4 Å². The Labute approximate surface area is 88.4 Å². The highest BCUT2D eigenvalue weighted by molar-refractivity contribution is 5.70. The molecular formula is C12H14O3. The number of carbonyl (C=O) groups is 1. The molecule has 1 fully saturated rings. The van der Waals surface area contributed by atoms with Crippen LogP contribution in [0.4, 0.5) is 0 Å². The Bertz CT molecular complexity index is 360. The van der Waals surface area contributed by atoms with Gasteiger partial charge in [0.15, 0.2) is 0 Å².